The summed E-state index contributed by atoms with van der Waals surface area (Å²) >= 11 is 0. The normalized spacial score (nSPS) is 18.0. The van der Waals surface area contributed by atoms with E-state index in [1.807, 2.05) is 30.4 Å². The summed E-state index contributed by atoms with van der Waals surface area (Å²) in [4.78, 5) is 12.0. The van der Waals surface area contributed by atoms with Crippen LogP contribution in [0.5, 0.6) is 0 Å². The molecule has 0 saturated heterocycles. The minimum Gasteiger partial charge on any atom is -0.472 e. The van der Waals surface area contributed by atoms with Gasteiger partial charge in [-0.1, -0.05) is 23.8 Å². The Hall–Kier alpha value is -2.75. The summed E-state index contributed by atoms with van der Waals surface area (Å²) in [6.45, 7) is 2.08. The van der Waals surface area contributed by atoms with Gasteiger partial charge in [0.1, 0.15) is 6.10 Å². The molecule has 4 heteroatoms. The average Bonchev–Trinajstić information content (AvgIpc) is 3.31. The topological polar surface area (TPSA) is 52.6 Å². The number of carbonyl (C=O) groups is 1. The highest BCUT2D eigenvalue weighted by atomic mass is 16.5. The molecule has 2 aromatic heterocycles. The van der Waals surface area contributed by atoms with Crippen LogP contribution >= 0.6 is 0 Å². The third kappa shape index (κ3) is 5.11. The van der Waals surface area contributed by atoms with Gasteiger partial charge in [-0.15, -0.1) is 0 Å². The molecule has 0 aliphatic carbocycles. The van der Waals surface area contributed by atoms with Crippen molar-refractivity contribution in [3.63, 3.8) is 0 Å². The molecule has 0 N–H and O–H groups in total. The molecule has 0 amide bonds. The highest BCUT2D eigenvalue weighted by Gasteiger charge is 2.24. The van der Waals surface area contributed by atoms with Gasteiger partial charge in [-0.25, -0.2) is 4.79 Å². The first-order valence-corrected chi connectivity index (χ1v) is 8.48. The van der Waals surface area contributed by atoms with Gasteiger partial charge in [-0.2, -0.15) is 0 Å². The highest BCUT2D eigenvalue weighted by Crippen LogP contribution is 2.23. The maximum atomic E-state index is 12.0. The smallest absolute Gasteiger partial charge is 0.334 e. The van der Waals surface area contributed by atoms with Gasteiger partial charge in [0.05, 0.1) is 25.1 Å². The molecule has 4 nitrogen and oxygen atoms in total. The molecule has 2 aromatic rings. The van der Waals surface area contributed by atoms with Crippen molar-refractivity contribution in [2.45, 2.75) is 38.7 Å². The van der Waals surface area contributed by atoms with Crippen LogP contribution in [0.2, 0.25) is 0 Å². The van der Waals surface area contributed by atoms with E-state index in [0.717, 1.165) is 30.4 Å². The molecule has 25 heavy (non-hydrogen) atoms. The highest BCUT2D eigenvalue weighted by molar-refractivity contribution is 5.91. The van der Waals surface area contributed by atoms with Gasteiger partial charge in [-0.05, 0) is 50.0 Å². The molecule has 0 aromatic carbocycles. The predicted molar refractivity (Wildman–Crippen MR) is 95.7 cm³/mol. The van der Waals surface area contributed by atoms with Crippen molar-refractivity contribution in [3.05, 3.63) is 77.7 Å². The maximum absolute atomic E-state index is 12.0. The van der Waals surface area contributed by atoms with E-state index in [-0.39, 0.29) is 12.1 Å². The first-order valence-electron chi connectivity index (χ1n) is 8.48. The molecule has 0 radical (unpaired) electrons. The summed E-state index contributed by atoms with van der Waals surface area (Å²) in [5, 5.41) is 0. The molecular weight excluding hydrogens is 316 g/mol. The Labute approximate surface area is 147 Å². The Morgan fingerprint density at radius 2 is 2.04 bits per heavy atom. The van der Waals surface area contributed by atoms with E-state index in [2.05, 4.69) is 13.0 Å². The molecule has 1 aliphatic rings. The summed E-state index contributed by atoms with van der Waals surface area (Å²) < 4.78 is 15.5. The molecule has 1 atom stereocenters. The molecule has 0 fully saturated rings. The van der Waals surface area contributed by atoms with Crippen LogP contribution in [0.15, 0.2) is 75.4 Å². The second-order valence-electron chi connectivity index (χ2n) is 6.22. The fourth-order valence-corrected chi connectivity index (χ4v) is 2.80. The lowest BCUT2D eigenvalue weighted by molar-refractivity contribution is -0.139. The van der Waals surface area contributed by atoms with Gasteiger partial charge in [0.15, 0.2) is 0 Å². The lowest BCUT2D eigenvalue weighted by Crippen LogP contribution is -2.08. The minimum atomic E-state index is -0.215. The number of rotatable bonds is 8. The van der Waals surface area contributed by atoms with Crippen LogP contribution in [-0.4, -0.2) is 12.1 Å². The van der Waals surface area contributed by atoms with E-state index < -0.39 is 0 Å². The van der Waals surface area contributed by atoms with E-state index in [4.69, 9.17) is 13.6 Å². The number of furan rings is 2. The van der Waals surface area contributed by atoms with Crippen LogP contribution in [0.25, 0.3) is 6.08 Å². The van der Waals surface area contributed by atoms with Crippen molar-refractivity contribution in [2.24, 2.45) is 0 Å². The molecule has 3 rings (SSSR count). The largest absolute Gasteiger partial charge is 0.472 e. The zero-order valence-electron chi connectivity index (χ0n) is 14.3. The van der Waals surface area contributed by atoms with Crippen molar-refractivity contribution in [3.8, 4) is 0 Å². The third-order valence-corrected chi connectivity index (χ3v) is 4.13. The van der Waals surface area contributed by atoms with Gasteiger partial charge >= 0.3 is 5.97 Å². The second kappa shape index (κ2) is 8.38. The number of carbonyl (C=O) groups excluding carboxylic acids is 1. The molecule has 0 unspecified atom stereocenters. The third-order valence-electron chi connectivity index (χ3n) is 4.13. The van der Waals surface area contributed by atoms with Crippen molar-refractivity contribution in [1.82, 2.24) is 0 Å². The van der Waals surface area contributed by atoms with Crippen molar-refractivity contribution in [1.29, 1.82) is 0 Å². The first-order chi connectivity index (χ1) is 12.2. The van der Waals surface area contributed by atoms with E-state index >= 15 is 0 Å². The zero-order valence-corrected chi connectivity index (χ0v) is 14.3. The fourth-order valence-electron chi connectivity index (χ4n) is 2.80. The number of hydrogen-bond acceptors (Lipinski definition) is 4. The van der Waals surface area contributed by atoms with Crippen LogP contribution in [-0.2, 0) is 16.0 Å². The van der Waals surface area contributed by atoms with E-state index in [1.54, 1.807) is 25.1 Å². The Morgan fingerprint density at radius 1 is 1.20 bits per heavy atom. The van der Waals surface area contributed by atoms with Gasteiger partial charge in [0, 0.05) is 17.6 Å². The monoisotopic (exact) mass is 338 g/mol. The molecule has 130 valence electrons. The van der Waals surface area contributed by atoms with Gasteiger partial charge in [-0.3, -0.25) is 0 Å². The Morgan fingerprint density at radius 3 is 2.80 bits per heavy atom. The van der Waals surface area contributed by atoms with Crippen LogP contribution in [0.4, 0.5) is 0 Å². The number of esters is 1. The SMILES string of the molecule is CC(=CCCc1ccoc1)C[C@@H]1C=C(CC=Cc2ccoc2)C(=O)O1. The van der Waals surface area contributed by atoms with Crippen LogP contribution in [0.1, 0.15) is 37.3 Å². The molecular formula is C21H22O4. The summed E-state index contributed by atoms with van der Waals surface area (Å²) in [5.74, 6) is -0.215. The molecule has 0 bridgehead atoms. The standard InChI is InChI=1S/C21H22O4/c1-16(4-2-5-17-8-10-23-14-17)12-20-13-19(21(22)25-20)7-3-6-18-9-11-24-15-18/h3-4,6,8-11,13-15,20H,2,5,7,12H2,1H3/t20-/m1/s1. The number of allylic oxidation sites excluding steroid dienone is 2. The van der Waals surface area contributed by atoms with E-state index in [9.17, 15) is 4.79 Å². The summed E-state index contributed by atoms with van der Waals surface area (Å²) in [7, 11) is 0. The minimum absolute atomic E-state index is 0.157. The molecule has 1 aliphatic heterocycles. The molecule has 0 saturated carbocycles. The summed E-state index contributed by atoms with van der Waals surface area (Å²) in [6.07, 6.45) is 17.9. The maximum Gasteiger partial charge on any atom is 0.334 e. The fraction of sp³-hybridized carbons (Fsp3) is 0.286. The molecule has 3 heterocycles. The van der Waals surface area contributed by atoms with Gasteiger partial charge < -0.3 is 13.6 Å². The number of ether oxygens (including phenoxy) is 1. The summed E-state index contributed by atoms with van der Waals surface area (Å²) in [6, 6.07) is 3.85. The Bertz CT molecular complexity index is 761. The van der Waals surface area contributed by atoms with Crippen LogP contribution < -0.4 is 0 Å². The van der Waals surface area contributed by atoms with E-state index in [1.165, 1.54) is 11.1 Å². The first kappa shape index (κ1) is 17.1. The Balaban J connectivity index is 1.47. The Kier molecular flexibility index (Phi) is 5.73. The van der Waals surface area contributed by atoms with E-state index in [0.29, 0.717) is 6.42 Å². The van der Waals surface area contributed by atoms with Crippen molar-refractivity contribution < 1.29 is 18.4 Å². The van der Waals surface area contributed by atoms with Crippen molar-refractivity contribution in [2.75, 3.05) is 0 Å². The summed E-state index contributed by atoms with van der Waals surface area (Å²) in [5.41, 5.74) is 4.13. The molecule has 0 spiro atoms. The number of aryl methyl sites for hydroxylation is 1. The van der Waals surface area contributed by atoms with Gasteiger partial charge in [0.2, 0.25) is 0 Å². The van der Waals surface area contributed by atoms with Crippen molar-refractivity contribution >= 4 is 12.0 Å². The number of cyclic esters (lactones) is 1. The number of hydrogen-bond donors (Lipinski definition) is 0. The lowest BCUT2D eigenvalue weighted by Gasteiger charge is -2.08. The predicted octanol–water partition coefficient (Wildman–Crippen LogP) is 5.10. The lowest BCUT2D eigenvalue weighted by atomic mass is 10.1. The van der Waals surface area contributed by atoms with Crippen LogP contribution in [0.3, 0.4) is 0 Å². The van der Waals surface area contributed by atoms with Crippen LogP contribution in [0, 0.1) is 0 Å². The van der Waals surface area contributed by atoms with Gasteiger partial charge in [0.25, 0.3) is 0 Å². The average molecular weight is 338 g/mol. The second-order valence-corrected chi connectivity index (χ2v) is 6.22. The zero-order chi connectivity index (χ0) is 17.5. The quantitative estimate of drug-likeness (QED) is 0.496.